The Bertz CT molecular complexity index is 134. The van der Waals surface area contributed by atoms with Crippen LogP contribution in [0, 0.1) is 5.92 Å². The van der Waals surface area contributed by atoms with Crippen molar-refractivity contribution in [2.75, 3.05) is 0 Å². The highest BCUT2D eigenvalue weighted by Crippen LogP contribution is 2.48. The highest BCUT2D eigenvalue weighted by Gasteiger charge is 2.55. The molecule has 0 aromatic heterocycles. The van der Waals surface area contributed by atoms with Crippen LogP contribution in [0.1, 0.15) is 0 Å². The summed E-state index contributed by atoms with van der Waals surface area (Å²) in [5, 5.41) is 0. The maximum atomic E-state index is 12.0. The predicted octanol–water partition coefficient (Wildman–Crippen LogP) is 4.34. The van der Waals surface area contributed by atoms with Gasteiger partial charge in [-0.1, -0.05) is 34.8 Å². The molecule has 8 heteroatoms. The van der Waals surface area contributed by atoms with E-state index in [1.807, 2.05) is 0 Å². The van der Waals surface area contributed by atoms with E-state index in [1.54, 1.807) is 0 Å². The molecular weight excluding hydrogens is 282 g/mol. The molecule has 0 aromatic rings. The van der Waals surface area contributed by atoms with Crippen molar-refractivity contribution < 1.29 is 13.2 Å². The van der Waals surface area contributed by atoms with Gasteiger partial charge in [0.15, 0.2) is 0 Å². The lowest BCUT2D eigenvalue weighted by Crippen LogP contribution is -2.38. The van der Waals surface area contributed by atoms with Gasteiger partial charge < -0.3 is 0 Å². The molecule has 0 saturated heterocycles. The zero-order valence-corrected chi connectivity index (χ0v) is 8.96. The number of hydrogen-bond acceptors (Lipinski definition) is 0. The lowest BCUT2D eigenvalue weighted by molar-refractivity contribution is -0.169. The number of alkyl halides is 8. The average Bonchev–Trinajstić information content (AvgIpc) is 1.49. The van der Waals surface area contributed by atoms with E-state index < -0.39 is 20.7 Å². The van der Waals surface area contributed by atoms with Gasteiger partial charge in [0.1, 0.15) is 10.8 Å². The van der Waals surface area contributed by atoms with Crippen LogP contribution in [-0.4, -0.2) is 14.8 Å². The second-order valence-corrected chi connectivity index (χ2v) is 5.43. The Labute approximate surface area is 91.8 Å². The monoisotopic (exact) mass is 282 g/mol. The molecule has 0 saturated carbocycles. The van der Waals surface area contributed by atoms with E-state index in [4.69, 9.17) is 58.0 Å². The number of halogens is 8. The standard InChI is InChI=1S/C4H2Cl5F3/c5-2(6)1(3(7,8)9)4(10,11)12/h1-2H/t1-/m0/s1. The van der Waals surface area contributed by atoms with E-state index in [0.29, 0.717) is 0 Å². The molecule has 0 heterocycles. The fourth-order valence-electron chi connectivity index (χ4n) is 0.471. The Morgan fingerprint density at radius 1 is 0.917 bits per heavy atom. The second kappa shape index (κ2) is 4.18. The van der Waals surface area contributed by atoms with Gasteiger partial charge in [-0.2, -0.15) is 13.2 Å². The van der Waals surface area contributed by atoms with Crippen LogP contribution in [0.3, 0.4) is 0 Å². The molecule has 0 fully saturated rings. The minimum absolute atomic E-state index is 1.81. The third kappa shape index (κ3) is 3.97. The summed E-state index contributed by atoms with van der Waals surface area (Å²) in [6.07, 6.45) is -4.74. The SMILES string of the molecule is FC(F)(F)[C@@H](C(Cl)Cl)C(Cl)(Cl)Cl. The van der Waals surface area contributed by atoms with Crippen molar-refractivity contribution in [2.45, 2.75) is 14.8 Å². The van der Waals surface area contributed by atoms with Gasteiger partial charge in [0.25, 0.3) is 0 Å². The van der Waals surface area contributed by atoms with E-state index in [0.717, 1.165) is 0 Å². The zero-order valence-electron chi connectivity index (χ0n) is 5.18. The van der Waals surface area contributed by atoms with E-state index in [2.05, 4.69) is 0 Å². The predicted molar refractivity (Wildman–Crippen MR) is 45.3 cm³/mol. The number of rotatable bonds is 1. The van der Waals surface area contributed by atoms with Gasteiger partial charge in [0.2, 0.25) is 3.79 Å². The molecule has 1 atom stereocenters. The minimum atomic E-state index is -4.74. The summed E-state index contributed by atoms with van der Waals surface area (Å²) < 4.78 is 33.6. The fraction of sp³-hybridized carbons (Fsp3) is 1.00. The first kappa shape index (κ1) is 13.2. The van der Waals surface area contributed by atoms with Crippen molar-refractivity contribution in [2.24, 2.45) is 5.92 Å². The molecule has 74 valence electrons. The van der Waals surface area contributed by atoms with Crippen molar-refractivity contribution in [3.8, 4) is 0 Å². The van der Waals surface area contributed by atoms with Gasteiger partial charge >= 0.3 is 6.18 Å². The van der Waals surface area contributed by atoms with Crippen LogP contribution in [0.4, 0.5) is 13.2 Å². The molecule has 0 aliphatic heterocycles. The third-order valence-electron chi connectivity index (χ3n) is 0.957. The summed E-state index contributed by atoms with van der Waals surface area (Å²) >= 11 is 25.1. The maximum absolute atomic E-state index is 12.0. The Balaban J connectivity index is 4.70. The largest absolute Gasteiger partial charge is 0.398 e. The molecule has 12 heavy (non-hydrogen) atoms. The summed E-state index contributed by atoms with van der Waals surface area (Å²) in [7, 11) is 0. The molecule has 0 radical (unpaired) electrons. The van der Waals surface area contributed by atoms with Gasteiger partial charge in [0, 0.05) is 0 Å². The number of hydrogen-bond donors (Lipinski definition) is 0. The van der Waals surface area contributed by atoms with Gasteiger partial charge in [-0.15, -0.1) is 23.2 Å². The highest BCUT2D eigenvalue weighted by atomic mass is 35.6. The molecule has 0 amide bonds. The molecule has 0 bridgehead atoms. The van der Waals surface area contributed by atoms with E-state index in [1.165, 1.54) is 0 Å². The normalized spacial score (nSPS) is 16.8. The van der Waals surface area contributed by atoms with Crippen molar-refractivity contribution in [3.63, 3.8) is 0 Å². The van der Waals surface area contributed by atoms with Gasteiger partial charge in [0.05, 0.1) is 0 Å². The van der Waals surface area contributed by atoms with Gasteiger partial charge in [-0.25, -0.2) is 0 Å². The molecule has 0 nitrogen and oxygen atoms in total. The summed E-state index contributed by atoms with van der Waals surface area (Å²) in [6, 6.07) is 0. The third-order valence-corrected chi connectivity index (χ3v) is 2.17. The smallest absolute Gasteiger partial charge is 0.171 e. The first-order valence-corrected chi connectivity index (χ1v) is 4.49. The van der Waals surface area contributed by atoms with Crippen LogP contribution in [0.15, 0.2) is 0 Å². The van der Waals surface area contributed by atoms with E-state index >= 15 is 0 Å². The minimum Gasteiger partial charge on any atom is -0.171 e. The van der Waals surface area contributed by atoms with Crippen LogP contribution in [0.5, 0.6) is 0 Å². The van der Waals surface area contributed by atoms with Crippen molar-refractivity contribution in [1.29, 1.82) is 0 Å². The van der Waals surface area contributed by atoms with Crippen LogP contribution in [-0.2, 0) is 0 Å². The Morgan fingerprint density at radius 3 is 1.25 bits per heavy atom. The molecule has 0 N–H and O–H groups in total. The lowest BCUT2D eigenvalue weighted by Gasteiger charge is -2.27. The van der Waals surface area contributed by atoms with Crippen LogP contribution < -0.4 is 0 Å². The van der Waals surface area contributed by atoms with Gasteiger partial charge in [-0.05, 0) is 0 Å². The van der Waals surface area contributed by atoms with Crippen molar-refractivity contribution in [1.82, 2.24) is 0 Å². The molecule has 0 unspecified atom stereocenters. The summed E-state index contributed by atoms with van der Waals surface area (Å²) in [5.41, 5.74) is 0. The topological polar surface area (TPSA) is 0 Å². The average molecular weight is 284 g/mol. The fourth-order valence-corrected chi connectivity index (χ4v) is 2.27. The maximum Gasteiger partial charge on any atom is 0.398 e. The van der Waals surface area contributed by atoms with E-state index in [-0.39, 0.29) is 0 Å². The van der Waals surface area contributed by atoms with E-state index in [9.17, 15) is 13.2 Å². The lowest BCUT2D eigenvalue weighted by atomic mass is 10.2. The Hall–Kier alpha value is 1.24. The second-order valence-electron chi connectivity index (χ2n) is 1.90. The molecule has 0 aromatic carbocycles. The molecule has 0 spiro atoms. The van der Waals surface area contributed by atoms with Crippen LogP contribution in [0.25, 0.3) is 0 Å². The van der Waals surface area contributed by atoms with Crippen molar-refractivity contribution in [3.05, 3.63) is 0 Å². The van der Waals surface area contributed by atoms with Crippen LogP contribution >= 0.6 is 58.0 Å². The molecular formula is C4H2Cl5F3. The summed E-state index contributed by atoms with van der Waals surface area (Å²) in [5.74, 6) is -2.39. The Kier molecular flexibility index (Phi) is 4.61. The molecule has 0 rings (SSSR count). The molecule has 0 aliphatic rings. The van der Waals surface area contributed by atoms with Gasteiger partial charge in [-0.3, -0.25) is 0 Å². The first-order chi connectivity index (χ1) is 5.07. The summed E-state index contributed by atoms with van der Waals surface area (Å²) in [6.45, 7) is 0. The quantitative estimate of drug-likeness (QED) is 0.628. The van der Waals surface area contributed by atoms with Crippen molar-refractivity contribution >= 4 is 58.0 Å². The summed E-state index contributed by atoms with van der Waals surface area (Å²) in [4.78, 5) is -1.81. The zero-order chi connectivity index (χ0) is 10.2. The highest BCUT2D eigenvalue weighted by molar-refractivity contribution is 6.68. The first-order valence-electron chi connectivity index (χ1n) is 2.48. The van der Waals surface area contributed by atoms with Crippen LogP contribution in [0.2, 0.25) is 0 Å². The molecule has 0 aliphatic carbocycles. The Morgan fingerprint density at radius 2 is 1.25 bits per heavy atom.